The lowest BCUT2D eigenvalue weighted by atomic mass is 10.1. The summed E-state index contributed by atoms with van der Waals surface area (Å²) in [5, 5.41) is 4.15. The van der Waals surface area contributed by atoms with Gasteiger partial charge < -0.3 is 38.5 Å². The fourth-order valence-corrected chi connectivity index (χ4v) is 16.3. The summed E-state index contributed by atoms with van der Waals surface area (Å²) < 4.78 is 114. The topological polar surface area (TPSA) is 283 Å². The van der Waals surface area contributed by atoms with Gasteiger partial charge in [-0.3, -0.25) is 23.8 Å². The Morgan fingerprint density at radius 3 is 1.78 bits per heavy atom. The number of piperazine rings is 3. The van der Waals surface area contributed by atoms with Crippen LogP contribution in [0.2, 0.25) is 5.02 Å². The Bertz CT molecular complexity index is 5170. The number of anilines is 6. The zero-order valence-corrected chi connectivity index (χ0v) is 59.8. The molecule has 6 aromatic carbocycles. The second-order valence-electron chi connectivity index (χ2n) is 24.4. The van der Waals surface area contributed by atoms with Gasteiger partial charge in [0.1, 0.15) is 36.4 Å². The third kappa shape index (κ3) is 17.5. The zero-order chi connectivity index (χ0) is 72.4. The highest BCUT2D eigenvalue weighted by atomic mass is 35.5. The Morgan fingerprint density at radius 1 is 0.583 bits per heavy atom. The van der Waals surface area contributed by atoms with E-state index in [1.54, 1.807) is 119 Å². The van der Waals surface area contributed by atoms with E-state index >= 15 is 0 Å². The number of benzene rings is 6. The summed E-state index contributed by atoms with van der Waals surface area (Å²) >= 11 is 7.38. The van der Waals surface area contributed by atoms with Crippen molar-refractivity contribution < 1.29 is 55.6 Å². The van der Waals surface area contributed by atoms with Crippen molar-refractivity contribution in [3.05, 3.63) is 229 Å². The SMILES string of the molecule is C[C@@H](C(=O)N1CCN(c2ccc(S(=O)(=O)Nc3ncccn3)cc2)CC1)n1ccc2cccc(F)c21.C[C@H]1CN(c2ccc(S(=O)(=O)Nc3nccs3)cc2)CCN1C(=O)Cn1ccc2cc(F)ccc21.O=C(Cc1ccccc1Cl)N1CCN(c2ccc(S(=O)(=O)Nc3ccncn3)cc2)CC1.[HH].[HH].[HH].[HH].[HH]. The van der Waals surface area contributed by atoms with Crippen molar-refractivity contribution in [3.63, 3.8) is 0 Å². The standard InChI is InChI=1S/C25H25FN6O3S.C24H24FN5O3S2.C22H22ClN5O3S.5H2/c1-18(32-13-10-19-4-2-5-22(26)23(19)32)24(33)31-16-14-30(15-17-31)20-6-8-21(9-7-20)36(34,35)29-25-27-11-3-12-28-25;1-17-15-28(20-3-5-21(6-4-20)35(32,33)27-24-26-9-13-34-24)11-12-30(17)23(31)16-29-10-8-18-14-19(25)2-7-22(18)29;23-20-4-2-1-3-17(20)15-22(29)28-13-11-27(12-14-28)18-5-7-19(8-6-18)32(30,31)26-21-9-10-24-16-25-21;;;;;/h2-13,18H,14-17H2,1H3,(H,27,28,29);2-10,13-14,17H,11-12,15-16H2,1H3,(H,26,27);1-10,16H,11-15H2,(H,24,25,26);5*1H/t18-;17-;;;;;;/m00....../s1. The molecule has 3 aliphatic rings. The molecule has 103 heavy (non-hydrogen) atoms. The van der Waals surface area contributed by atoms with Crippen molar-refractivity contribution in [3.8, 4) is 0 Å². The molecule has 0 unspecified atom stereocenters. The van der Waals surface area contributed by atoms with Gasteiger partial charge in [0, 0.05) is 166 Å². The minimum absolute atomic E-state index is 0. The van der Waals surface area contributed by atoms with E-state index in [2.05, 4.69) is 53.8 Å². The van der Waals surface area contributed by atoms with Gasteiger partial charge >= 0.3 is 0 Å². The van der Waals surface area contributed by atoms with Gasteiger partial charge in [-0.25, -0.2) is 63.7 Å². The first-order chi connectivity index (χ1) is 49.5. The summed E-state index contributed by atoms with van der Waals surface area (Å²) in [6.45, 7) is 10.6. The second kappa shape index (κ2) is 31.7. The Labute approximate surface area is 610 Å². The molecule has 0 spiro atoms. The molecule has 0 bridgehead atoms. The molecule has 2 atom stereocenters. The number of hydrogen-bond acceptors (Lipinski definition) is 18. The number of amides is 3. The summed E-state index contributed by atoms with van der Waals surface area (Å²) in [6.07, 6.45) is 11.0. The molecule has 0 aliphatic carbocycles. The third-order valence-corrected chi connectivity index (χ3v) is 23.0. The van der Waals surface area contributed by atoms with E-state index in [-0.39, 0.29) is 81.9 Å². The lowest BCUT2D eigenvalue weighted by Gasteiger charge is -2.41. The summed E-state index contributed by atoms with van der Waals surface area (Å²) in [6, 6.07) is 42.9. The lowest BCUT2D eigenvalue weighted by Crippen LogP contribution is -2.54. The number of carbonyl (C=O) groups excluding carboxylic acids is 3. The first-order valence-corrected chi connectivity index (χ1v) is 38.4. The molecule has 544 valence electrons. The van der Waals surface area contributed by atoms with Crippen LogP contribution in [-0.4, -0.2) is 170 Å². The Morgan fingerprint density at radius 2 is 1.17 bits per heavy atom. The maximum atomic E-state index is 14.4. The van der Waals surface area contributed by atoms with Gasteiger partial charge in [0.05, 0.1) is 26.6 Å². The number of fused-ring (bicyclic) bond motifs is 2. The largest absolute Gasteiger partial charge is 0.368 e. The summed E-state index contributed by atoms with van der Waals surface area (Å²) in [5.41, 5.74) is 4.75. The minimum Gasteiger partial charge on any atom is -0.368 e. The fraction of sp³-hybridized carbons (Fsp3) is 0.239. The fourth-order valence-electron chi connectivity index (χ4n) is 12.3. The van der Waals surface area contributed by atoms with Gasteiger partial charge in [0.15, 0.2) is 5.13 Å². The number of aromatic nitrogens is 7. The number of sulfonamides is 3. The molecule has 0 saturated carbocycles. The first kappa shape index (κ1) is 72.2. The highest BCUT2D eigenvalue weighted by molar-refractivity contribution is 7.93. The van der Waals surface area contributed by atoms with Crippen molar-refractivity contribution in [2.75, 3.05) is 101 Å². The van der Waals surface area contributed by atoms with Crippen LogP contribution in [0, 0.1) is 11.6 Å². The molecular weight excluding hydrogens is 1420 g/mol. The first-order valence-electron chi connectivity index (χ1n) is 32.7. The highest BCUT2D eigenvalue weighted by Gasteiger charge is 2.31. The number of nitrogens with zero attached hydrogens (tertiary/aromatic N) is 13. The van der Waals surface area contributed by atoms with Gasteiger partial charge in [-0.1, -0.05) is 41.9 Å². The van der Waals surface area contributed by atoms with E-state index in [1.165, 1.54) is 72.7 Å². The lowest BCUT2D eigenvalue weighted by molar-refractivity contribution is -0.135. The van der Waals surface area contributed by atoms with Crippen LogP contribution in [0.5, 0.6) is 0 Å². The van der Waals surface area contributed by atoms with Crippen molar-refractivity contribution in [2.24, 2.45) is 0 Å². The molecule has 3 aliphatic heterocycles. The van der Waals surface area contributed by atoms with Crippen LogP contribution in [0.1, 0.15) is 32.6 Å². The number of halogens is 3. The van der Waals surface area contributed by atoms with Crippen molar-refractivity contribution in [2.45, 2.75) is 53.6 Å². The number of thiazole rings is 1. The molecular formula is C71H81ClF2N16O9S4. The van der Waals surface area contributed by atoms with Crippen molar-refractivity contribution in [1.29, 1.82) is 0 Å². The van der Waals surface area contributed by atoms with Crippen molar-refractivity contribution >= 4 is 126 Å². The van der Waals surface area contributed by atoms with Crippen LogP contribution in [0.15, 0.2) is 221 Å². The molecule has 0 radical (unpaired) electrons. The van der Waals surface area contributed by atoms with Gasteiger partial charge in [-0.15, -0.1) is 11.3 Å². The van der Waals surface area contributed by atoms with Crippen LogP contribution in [0.25, 0.3) is 21.8 Å². The molecule has 32 heteroatoms. The highest BCUT2D eigenvalue weighted by Crippen LogP contribution is 2.29. The Balaban J connectivity index is 0.000000221. The molecule has 25 nitrogen and oxygen atoms in total. The Kier molecular flexibility index (Phi) is 22.2. The van der Waals surface area contributed by atoms with E-state index in [1.807, 2.05) is 63.9 Å². The molecule has 3 fully saturated rings. The molecule has 3 saturated heterocycles. The average molecular weight is 1500 g/mol. The van der Waals surface area contributed by atoms with Crippen LogP contribution in [0.3, 0.4) is 0 Å². The second-order valence-corrected chi connectivity index (χ2v) is 30.7. The third-order valence-electron chi connectivity index (χ3n) is 17.8. The van der Waals surface area contributed by atoms with Gasteiger partial charge in [0.2, 0.25) is 23.7 Å². The number of hydrogen-bond donors (Lipinski definition) is 3. The summed E-state index contributed by atoms with van der Waals surface area (Å²) in [5.74, 6) is -0.435. The quantitative estimate of drug-likeness (QED) is 0.0719. The van der Waals surface area contributed by atoms with E-state index in [4.69, 9.17) is 11.6 Å². The van der Waals surface area contributed by atoms with Crippen molar-refractivity contribution in [1.82, 2.24) is 48.8 Å². The van der Waals surface area contributed by atoms with E-state index < -0.39 is 36.1 Å². The zero-order valence-electron chi connectivity index (χ0n) is 55.7. The van der Waals surface area contributed by atoms with Crippen LogP contribution in [-0.2, 0) is 57.4 Å². The van der Waals surface area contributed by atoms with Gasteiger partial charge in [-0.05, 0) is 147 Å². The van der Waals surface area contributed by atoms with E-state index in [0.717, 1.165) is 38.9 Å². The molecule has 3 N–H and O–H groups in total. The maximum absolute atomic E-state index is 14.4. The average Bonchev–Trinajstić information content (AvgIpc) is 1.54. The van der Waals surface area contributed by atoms with E-state index in [0.29, 0.717) is 87.7 Å². The number of nitrogens with one attached hydrogen (secondary N) is 3. The van der Waals surface area contributed by atoms with Crippen LogP contribution in [0.4, 0.5) is 42.7 Å². The number of rotatable bonds is 18. The molecule has 3 amide bonds. The number of para-hydroxylation sites is 1. The molecule has 11 aromatic rings. The summed E-state index contributed by atoms with van der Waals surface area (Å²) in [4.78, 5) is 70.5. The number of carbonyl (C=O) groups is 3. The van der Waals surface area contributed by atoms with Gasteiger partial charge in [-0.2, -0.15) is 0 Å². The molecule has 5 aromatic heterocycles. The molecule has 8 heterocycles. The Hall–Kier alpha value is -10.6. The molecule has 14 rings (SSSR count). The minimum atomic E-state index is -3.81. The predicted octanol–water partition coefficient (Wildman–Crippen LogP) is 11.1. The van der Waals surface area contributed by atoms with E-state index in [9.17, 15) is 48.4 Å². The monoisotopic (exact) mass is 1500 g/mol. The smallest absolute Gasteiger partial charge is 0.264 e. The predicted molar refractivity (Wildman–Crippen MR) is 403 cm³/mol. The van der Waals surface area contributed by atoms with Gasteiger partial charge in [0.25, 0.3) is 30.1 Å². The van der Waals surface area contributed by atoms with Crippen LogP contribution >= 0.6 is 22.9 Å². The summed E-state index contributed by atoms with van der Waals surface area (Å²) in [7, 11) is -11.2. The normalized spacial score (nSPS) is 15.4. The van der Waals surface area contributed by atoms with Crippen LogP contribution < -0.4 is 28.9 Å². The maximum Gasteiger partial charge on any atom is 0.264 e.